The molecule has 1 fully saturated rings. The van der Waals surface area contributed by atoms with Gasteiger partial charge in [-0.15, -0.1) is 0 Å². The standard InChI is InChI=1S/C22H21NO4S2/c1-3-17(21(25)26)23-20(24)19(29-22(23)28)12-16-6-4-5-7-18(16)27-13-15-10-8-14(2)9-11-15/h4-12,17H,3,13H2,1-2H3,(H,25,26)/b19-12+/t17-/m1/s1. The van der Waals surface area contributed by atoms with E-state index in [0.29, 0.717) is 17.3 Å². The SMILES string of the molecule is CC[C@H](C(=O)O)N1C(=O)/C(=C\c2ccccc2OCc2ccc(C)cc2)SC1=S. The number of amides is 1. The van der Waals surface area contributed by atoms with Crippen molar-refractivity contribution in [3.8, 4) is 5.75 Å². The van der Waals surface area contributed by atoms with Gasteiger partial charge in [-0.05, 0) is 31.1 Å². The van der Waals surface area contributed by atoms with E-state index in [1.165, 1.54) is 10.5 Å². The van der Waals surface area contributed by atoms with Gasteiger partial charge < -0.3 is 9.84 Å². The molecule has 0 radical (unpaired) electrons. The lowest BCUT2D eigenvalue weighted by Gasteiger charge is -2.21. The summed E-state index contributed by atoms with van der Waals surface area (Å²) in [5.74, 6) is -0.807. The summed E-state index contributed by atoms with van der Waals surface area (Å²) in [7, 11) is 0. The number of para-hydroxylation sites is 1. The number of carboxylic acids is 1. The predicted octanol–water partition coefficient (Wildman–Crippen LogP) is 4.64. The van der Waals surface area contributed by atoms with Crippen molar-refractivity contribution in [3.05, 3.63) is 70.1 Å². The second-order valence-electron chi connectivity index (χ2n) is 6.63. The highest BCUT2D eigenvalue weighted by Gasteiger charge is 2.39. The van der Waals surface area contributed by atoms with Crippen LogP contribution in [-0.2, 0) is 16.2 Å². The van der Waals surface area contributed by atoms with Crippen LogP contribution in [-0.4, -0.2) is 32.2 Å². The highest BCUT2D eigenvalue weighted by molar-refractivity contribution is 8.26. The van der Waals surface area contributed by atoms with E-state index < -0.39 is 12.0 Å². The molecule has 0 bridgehead atoms. The number of ether oxygens (including phenoxy) is 1. The lowest BCUT2D eigenvalue weighted by molar-refractivity contribution is -0.145. The van der Waals surface area contributed by atoms with Crippen molar-refractivity contribution in [1.29, 1.82) is 0 Å². The van der Waals surface area contributed by atoms with E-state index in [-0.39, 0.29) is 16.6 Å². The third-order valence-corrected chi connectivity index (χ3v) is 5.86. The van der Waals surface area contributed by atoms with E-state index >= 15 is 0 Å². The van der Waals surface area contributed by atoms with Crippen molar-refractivity contribution in [3.63, 3.8) is 0 Å². The van der Waals surface area contributed by atoms with Crippen molar-refractivity contribution in [1.82, 2.24) is 4.90 Å². The first-order valence-corrected chi connectivity index (χ1v) is 10.4. The maximum atomic E-state index is 12.8. The Kier molecular flexibility index (Phi) is 6.71. The number of carbonyl (C=O) groups excluding carboxylic acids is 1. The number of hydrogen-bond acceptors (Lipinski definition) is 5. The molecule has 0 aliphatic carbocycles. The van der Waals surface area contributed by atoms with E-state index in [1.54, 1.807) is 13.0 Å². The minimum atomic E-state index is -1.06. The number of thioether (sulfide) groups is 1. The number of aryl methyl sites for hydroxylation is 1. The van der Waals surface area contributed by atoms with Crippen molar-refractivity contribution >= 4 is 46.3 Å². The molecule has 0 spiro atoms. The monoisotopic (exact) mass is 427 g/mol. The molecule has 0 saturated carbocycles. The number of nitrogens with zero attached hydrogens (tertiary/aromatic N) is 1. The molecule has 1 aliphatic heterocycles. The van der Waals surface area contributed by atoms with Crippen molar-refractivity contribution in [2.24, 2.45) is 0 Å². The van der Waals surface area contributed by atoms with E-state index in [4.69, 9.17) is 17.0 Å². The Labute approximate surface area is 179 Å². The van der Waals surface area contributed by atoms with E-state index in [2.05, 4.69) is 0 Å². The zero-order valence-electron chi connectivity index (χ0n) is 16.1. The second kappa shape index (κ2) is 9.24. The number of thiocarbonyl (C=S) groups is 1. The lowest BCUT2D eigenvalue weighted by Crippen LogP contribution is -2.43. The highest BCUT2D eigenvalue weighted by Crippen LogP contribution is 2.36. The summed E-state index contributed by atoms with van der Waals surface area (Å²) >= 11 is 6.38. The fourth-order valence-electron chi connectivity index (χ4n) is 2.93. The minimum Gasteiger partial charge on any atom is -0.488 e. The molecule has 7 heteroatoms. The summed E-state index contributed by atoms with van der Waals surface area (Å²) in [5, 5.41) is 9.38. The van der Waals surface area contributed by atoms with Gasteiger partial charge in [-0.3, -0.25) is 9.69 Å². The van der Waals surface area contributed by atoms with Crippen LogP contribution in [0.4, 0.5) is 0 Å². The van der Waals surface area contributed by atoms with Crippen LogP contribution in [0.2, 0.25) is 0 Å². The second-order valence-corrected chi connectivity index (χ2v) is 8.30. The fourth-order valence-corrected chi connectivity index (χ4v) is 4.28. The number of aliphatic carboxylic acids is 1. The Morgan fingerprint density at radius 1 is 1.24 bits per heavy atom. The normalized spacial score (nSPS) is 16.3. The van der Waals surface area contributed by atoms with Crippen LogP contribution in [0.5, 0.6) is 5.75 Å². The van der Waals surface area contributed by atoms with Gasteiger partial charge in [0.05, 0.1) is 4.91 Å². The quantitative estimate of drug-likeness (QED) is 0.513. The smallest absolute Gasteiger partial charge is 0.326 e. The minimum absolute atomic E-state index is 0.258. The van der Waals surface area contributed by atoms with Crippen LogP contribution in [0.15, 0.2) is 53.4 Å². The van der Waals surface area contributed by atoms with Gasteiger partial charge in [-0.25, -0.2) is 4.79 Å². The summed E-state index contributed by atoms with van der Waals surface area (Å²) in [6, 6.07) is 14.5. The van der Waals surface area contributed by atoms with Crippen LogP contribution < -0.4 is 4.74 Å². The van der Waals surface area contributed by atoms with Gasteiger partial charge in [-0.2, -0.15) is 0 Å². The Bertz CT molecular complexity index is 969. The van der Waals surface area contributed by atoms with Crippen molar-refractivity contribution in [2.75, 3.05) is 0 Å². The van der Waals surface area contributed by atoms with Gasteiger partial charge in [0.1, 0.15) is 22.7 Å². The van der Waals surface area contributed by atoms with Gasteiger partial charge >= 0.3 is 5.97 Å². The molecular weight excluding hydrogens is 406 g/mol. The fraction of sp³-hybridized carbons (Fsp3) is 0.227. The predicted molar refractivity (Wildman–Crippen MR) is 119 cm³/mol. The molecule has 3 rings (SSSR count). The molecule has 150 valence electrons. The molecule has 2 aromatic rings. The summed E-state index contributed by atoms with van der Waals surface area (Å²) < 4.78 is 6.22. The summed E-state index contributed by atoms with van der Waals surface area (Å²) in [6.07, 6.45) is 1.99. The lowest BCUT2D eigenvalue weighted by atomic mass is 10.1. The van der Waals surface area contributed by atoms with E-state index in [9.17, 15) is 14.7 Å². The van der Waals surface area contributed by atoms with Crippen LogP contribution in [0.3, 0.4) is 0 Å². The molecule has 1 saturated heterocycles. The first kappa shape index (κ1) is 21.1. The summed E-state index contributed by atoms with van der Waals surface area (Å²) in [5.41, 5.74) is 2.97. The average Bonchev–Trinajstić information content (AvgIpc) is 2.97. The van der Waals surface area contributed by atoms with Crippen LogP contribution in [0.1, 0.15) is 30.0 Å². The number of carbonyl (C=O) groups is 2. The maximum absolute atomic E-state index is 12.8. The third kappa shape index (κ3) is 4.86. The molecular formula is C22H21NO4S2. The molecule has 1 heterocycles. The summed E-state index contributed by atoms with van der Waals surface area (Å²) in [6.45, 7) is 4.15. The Morgan fingerprint density at radius 2 is 1.93 bits per heavy atom. The molecule has 1 amide bonds. The number of benzene rings is 2. The van der Waals surface area contributed by atoms with Gasteiger partial charge in [0, 0.05) is 5.56 Å². The topological polar surface area (TPSA) is 66.8 Å². The first-order valence-electron chi connectivity index (χ1n) is 9.18. The Hall–Kier alpha value is -2.64. The van der Waals surface area contributed by atoms with Gasteiger partial charge in [0.15, 0.2) is 0 Å². The number of rotatable bonds is 7. The molecule has 29 heavy (non-hydrogen) atoms. The van der Waals surface area contributed by atoms with Gasteiger partial charge in [0.2, 0.25) is 0 Å². The molecule has 0 aromatic heterocycles. The van der Waals surface area contributed by atoms with Crippen LogP contribution in [0, 0.1) is 6.92 Å². The molecule has 0 unspecified atom stereocenters. The average molecular weight is 428 g/mol. The number of hydrogen-bond donors (Lipinski definition) is 1. The first-order chi connectivity index (χ1) is 13.9. The highest BCUT2D eigenvalue weighted by atomic mass is 32.2. The Morgan fingerprint density at radius 3 is 2.59 bits per heavy atom. The molecule has 1 aliphatic rings. The molecule has 2 aromatic carbocycles. The summed E-state index contributed by atoms with van der Waals surface area (Å²) in [4.78, 5) is 25.8. The zero-order valence-corrected chi connectivity index (χ0v) is 17.8. The molecule has 5 nitrogen and oxygen atoms in total. The largest absolute Gasteiger partial charge is 0.488 e. The maximum Gasteiger partial charge on any atom is 0.326 e. The molecule has 1 atom stereocenters. The Balaban J connectivity index is 1.81. The van der Waals surface area contributed by atoms with Gasteiger partial charge in [0.25, 0.3) is 5.91 Å². The zero-order chi connectivity index (χ0) is 21.0. The van der Waals surface area contributed by atoms with E-state index in [1.807, 2.05) is 55.5 Å². The van der Waals surface area contributed by atoms with Crippen LogP contribution in [0.25, 0.3) is 6.08 Å². The van der Waals surface area contributed by atoms with E-state index in [0.717, 1.165) is 22.9 Å². The van der Waals surface area contributed by atoms with Gasteiger partial charge in [-0.1, -0.05) is 78.9 Å². The van der Waals surface area contributed by atoms with Crippen molar-refractivity contribution < 1.29 is 19.4 Å². The molecule has 1 N–H and O–H groups in total. The van der Waals surface area contributed by atoms with Crippen molar-refractivity contribution in [2.45, 2.75) is 32.9 Å². The van der Waals surface area contributed by atoms with Crippen LogP contribution >= 0.6 is 24.0 Å². The number of carboxylic acid groups (broad SMARTS) is 1. The third-order valence-electron chi connectivity index (χ3n) is 4.53.